The highest BCUT2D eigenvalue weighted by molar-refractivity contribution is 6.30. The molecule has 0 atom stereocenters. The first-order valence-electron chi connectivity index (χ1n) is 8.91. The molecule has 1 N–H and O–H groups in total. The molecule has 0 aliphatic carbocycles. The second-order valence-electron chi connectivity index (χ2n) is 6.27. The Morgan fingerprint density at radius 2 is 1.86 bits per heavy atom. The molecule has 144 valence electrons. The van der Waals surface area contributed by atoms with Crippen LogP contribution < -0.4 is 14.8 Å². The topological polar surface area (TPSA) is 86.5 Å². The largest absolute Gasteiger partial charge is 0.486 e. The standard InChI is InChI=1S/C20H18ClN3O4/c21-15-4-2-14(3-5-15)20-23-19(28-24-20)8-7-18(25)22-12-13-1-6-16-17(11-13)27-10-9-26-16/h1-6,11H,7-10,12H2,(H,22,25). The Kier molecular flexibility index (Phi) is 5.43. The van der Waals surface area contributed by atoms with Crippen LogP contribution in [0.25, 0.3) is 11.4 Å². The molecule has 0 radical (unpaired) electrons. The van der Waals surface area contributed by atoms with Crippen molar-refractivity contribution >= 4 is 17.5 Å². The van der Waals surface area contributed by atoms with Crippen molar-refractivity contribution in [3.8, 4) is 22.9 Å². The molecule has 0 saturated carbocycles. The molecule has 7 nitrogen and oxygen atoms in total. The van der Waals surface area contributed by atoms with Gasteiger partial charge in [0.15, 0.2) is 11.5 Å². The summed E-state index contributed by atoms with van der Waals surface area (Å²) in [5.41, 5.74) is 1.75. The van der Waals surface area contributed by atoms with Crippen molar-refractivity contribution in [2.24, 2.45) is 0 Å². The smallest absolute Gasteiger partial charge is 0.227 e. The summed E-state index contributed by atoms with van der Waals surface area (Å²) in [5, 5.41) is 7.46. The fourth-order valence-electron chi connectivity index (χ4n) is 2.78. The van der Waals surface area contributed by atoms with Crippen molar-refractivity contribution in [1.82, 2.24) is 15.5 Å². The summed E-state index contributed by atoms with van der Waals surface area (Å²) in [6.45, 7) is 1.50. The van der Waals surface area contributed by atoms with Gasteiger partial charge in [-0.05, 0) is 42.0 Å². The quantitative estimate of drug-likeness (QED) is 0.683. The Hall–Kier alpha value is -3.06. The third-order valence-corrected chi connectivity index (χ3v) is 4.48. The summed E-state index contributed by atoms with van der Waals surface area (Å²) in [6, 6.07) is 12.8. The van der Waals surface area contributed by atoms with Gasteiger partial charge in [-0.25, -0.2) is 0 Å². The molecule has 0 unspecified atom stereocenters. The fraction of sp³-hybridized carbons (Fsp3) is 0.250. The number of halogens is 1. The molecule has 3 aromatic rings. The van der Waals surface area contributed by atoms with Gasteiger partial charge in [-0.3, -0.25) is 4.79 Å². The van der Waals surface area contributed by atoms with Crippen LogP contribution in [-0.2, 0) is 17.8 Å². The van der Waals surface area contributed by atoms with E-state index >= 15 is 0 Å². The van der Waals surface area contributed by atoms with Crippen LogP contribution in [0.4, 0.5) is 0 Å². The van der Waals surface area contributed by atoms with Gasteiger partial charge in [0.2, 0.25) is 17.6 Å². The van der Waals surface area contributed by atoms with Gasteiger partial charge < -0.3 is 19.3 Å². The van der Waals surface area contributed by atoms with Gasteiger partial charge in [0.05, 0.1) is 0 Å². The number of benzene rings is 2. The monoisotopic (exact) mass is 399 g/mol. The number of amides is 1. The van der Waals surface area contributed by atoms with E-state index in [2.05, 4.69) is 15.5 Å². The number of hydrogen-bond donors (Lipinski definition) is 1. The summed E-state index contributed by atoms with van der Waals surface area (Å²) < 4.78 is 16.3. The Morgan fingerprint density at radius 3 is 2.68 bits per heavy atom. The fourth-order valence-corrected chi connectivity index (χ4v) is 2.91. The van der Waals surface area contributed by atoms with Crippen LogP contribution in [0.2, 0.25) is 5.02 Å². The molecule has 4 rings (SSSR count). The van der Waals surface area contributed by atoms with Crippen molar-refractivity contribution in [2.75, 3.05) is 13.2 Å². The molecule has 8 heteroatoms. The lowest BCUT2D eigenvalue weighted by atomic mass is 10.2. The molecule has 28 heavy (non-hydrogen) atoms. The van der Waals surface area contributed by atoms with Crippen molar-refractivity contribution in [2.45, 2.75) is 19.4 Å². The molecular formula is C20H18ClN3O4. The van der Waals surface area contributed by atoms with Crippen molar-refractivity contribution in [3.63, 3.8) is 0 Å². The van der Waals surface area contributed by atoms with Crippen molar-refractivity contribution in [3.05, 3.63) is 58.9 Å². The van der Waals surface area contributed by atoms with Crippen LogP contribution in [0.15, 0.2) is 47.0 Å². The summed E-state index contributed by atoms with van der Waals surface area (Å²) in [6.07, 6.45) is 0.625. The van der Waals surface area contributed by atoms with Gasteiger partial charge >= 0.3 is 0 Å². The first kappa shape index (κ1) is 18.3. The summed E-state index contributed by atoms with van der Waals surface area (Å²) in [4.78, 5) is 16.4. The SMILES string of the molecule is O=C(CCc1nc(-c2ccc(Cl)cc2)no1)NCc1ccc2c(c1)OCCO2. The minimum absolute atomic E-state index is 0.0962. The summed E-state index contributed by atoms with van der Waals surface area (Å²) in [5.74, 6) is 2.23. The zero-order chi connectivity index (χ0) is 19.3. The van der Waals surface area contributed by atoms with Crippen LogP contribution in [0.1, 0.15) is 17.9 Å². The predicted octanol–water partition coefficient (Wildman–Crippen LogP) is 3.41. The lowest BCUT2D eigenvalue weighted by molar-refractivity contribution is -0.121. The molecule has 1 aliphatic heterocycles. The van der Waals surface area contributed by atoms with Crippen molar-refractivity contribution in [1.29, 1.82) is 0 Å². The Balaban J connectivity index is 1.27. The summed E-state index contributed by atoms with van der Waals surface area (Å²) >= 11 is 5.88. The van der Waals surface area contributed by atoms with Gasteiger partial charge in [-0.2, -0.15) is 4.98 Å². The minimum Gasteiger partial charge on any atom is -0.486 e. The third kappa shape index (κ3) is 4.43. The van der Waals surface area contributed by atoms with Crippen LogP contribution in [0.5, 0.6) is 11.5 Å². The van der Waals surface area contributed by atoms with E-state index in [1.54, 1.807) is 12.1 Å². The van der Waals surface area contributed by atoms with Gasteiger partial charge in [0.1, 0.15) is 13.2 Å². The van der Waals surface area contributed by atoms with E-state index in [0.717, 1.165) is 16.9 Å². The van der Waals surface area contributed by atoms with Gasteiger partial charge in [-0.15, -0.1) is 0 Å². The number of fused-ring (bicyclic) bond motifs is 1. The van der Waals surface area contributed by atoms with Crippen LogP contribution in [0.3, 0.4) is 0 Å². The highest BCUT2D eigenvalue weighted by Crippen LogP contribution is 2.30. The first-order chi connectivity index (χ1) is 13.7. The van der Waals surface area contributed by atoms with Gasteiger partial charge in [0, 0.05) is 30.0 Å². The normalized spacial score (nSPS) is 12.6. The van der Waals surface area contributed by atoms with E-state index in [1.807, 2.05) is 30.3 Å². The molecule has 0 fully saturated rings. The van der Waals surface area contributed by atoms with E-state index in [4.69, 9.17) is 25.6 Å². The number of aromatic nitrogens is 2. The molecule has 1 aromatic heterocycles. The Morgan fingerprint density at radius 1 is 1.07 bits per heavy atom. The van der Waals surface area contributed by atoms with E-state index in [0.29, 0.717) is 48.7 Å². The van der Waals surface area contributed by atoms with E-state index in [-0.39, 0.29) is 12.3 Å². The highest BCUT2D eigenvalue weighted by atomic mass is 35.5. The predicted molar refractivity (Wildman–Crippen MR) is 102 cm³/mol. The molecule has 0 bridgehead atoms. The number of ether oxygens (including phenoxy) is 2. The maximum Gasteiger partial charge on any atom is 0.227 e. The average Bonchev–Trinajstić information content (AvgIpc) is 3.20. The number of rotatable bonds is 6. The van der Waals surface area contributed by atoms with Crippen LogP contribution in [-0.4, -0.2) is 29.3 Å². The molecular weight excluding hydrogens is 382 g/mol. The zero-order valence-corrected chi connectivity index (χ0v) is 15.7. The highest BCUT2D eigenvalue weighted by Gasteiger charge is 2.13. The number of carbonyl (C=O) groups excluding carboxylic acids is 1. The molecule has 0 spiro atoms. The Labute approximate surface area is 166 Å². The first-order valence-corrected chi connectivity index (χ1v) is 9.29. The lowest BCUT2D eigenvalue weighted by Crippen LogP contribution is -2.23. The maximum atomic E-state index is 12.1. The average molecular weight is 400 g/mol. The van der Waals surface area contributed by atoms with Crippen LogP contribution in [0, 0.1) is 0 Å². The second kappa shape index (κ2) is 8.31. The molecule has 2 heterocycles. The molecule has 1 amide bonds. The number of carbonyl (C=O) groups is 1. The van der Waals surface area contributed by atoms with Gasteiger partial charge in [-0.1, -0.05) is 22.8 Å². The van der Waals surface area contributed by atoms with Crippen LogP contribution >= 0.6 is 11.6 Å². The zero-order valence-electron chi connectivity index (χ0n) is 15.0. The maximum absolute atomic E-state index is 12.1. The summed E-state index contributed by atoms with van der Waals surface area (Å²) in [7, 11) is 0. The van der Waals surface area contributed by atoms with E-state index in [1.165, 1.54) is 0 Å². The number of aryl methyl sites for hydroxylation is 1. The van der Waals surface area contributed by atoms with E-state index < -0.39 is 0 Å². The van der Waals surface area contributed by atoms with E-state index in [9.17, 15) is 4.79 Å². The third-order valence-electron chi connectivity index (χ3n) is 4.23. The second-order valence-corrected chi connectivity index (χ2v) is 6.71. The number of hydrogen-bond acceptors (Lipinski definition) is 6. The Bertz CT molecular complexity index is 972. The number of nitrogens with one attached hydrogen (secondary N) is 1. The molecule has 0 saturated heterocycles. The van der Waals surface area contributed by atoms with Gasteiger partial charge in [0.25, 0.3) is 0 Å². The molecule has 1 aliphatic rings. The molecule has 2 aromatic carbocycles. The number of nitrogens with zero attached hydrogens (tertiary/aromatic N) is 2. The van der Waals surface area contributed by atoms with Crippen molar-refractivity contribution < 1.29 is 18.8 Å². The minimum atomic E-state index is -0.0962. The lowest BCUT2D eigenvalue weighted by Gasteiger charge is -2.18.